The van der Waals surface area contributed by atoms with Gasteiger partial charge in [0.1, 0.15) is 0 Å². The number of hydrogen-bond acceptors (Lipinski definition) is 6. The van der Waals surface area contributed by atoms with Crippen LogP contribution in [0.25, 0.3) is 21.8 Å². The molecule has 2 aromatic heterocycles. The molecule has 0 radical (unpaired) electrons. The molecule has 2 aliphatic rings. The smallest absolute Gasteiger partial charge is 0.337 e. The highest BCUT2D eigenvalue weighted by atomic mass is 127. The average molecular weight is 596 g/mol. The zero-order valence-corrected chi connectivity index (χ0v) is 22.2. The van der Waals surface area contributed by atoms with E-state index in [-0.39, 0.29) is 11.9 Å². The maximum atomic E-state index is 12.1. The van der Waals surface area contributed by atoms with Crippen LogP contribution in [0, 0.1) is 8.78 Å². The van der Waals surface area contributed by atoms with Gasteiger partial charge in [0.2, 0.25) is 5.52 Å². The van der Waals surface area contributed by atoms with Gasteiger partial charge in [0.05, 0.1) is 34.4 Å². The topological polar surface area (TPSA) is 92.4 Å². The number of benzene rings is 2. The molecule has 2 aliphatic carbocycles. The summed E-state index contributed by atoms with van der Waals surface area (Å²) < 4.78 is 11.1. The van der Waals surface area contributed by atoms with E-state index in [0.717, 1.165) is 43.0 Å². The summed E-state index contributed by atoms with van der Waals surface area (Å²) in [7, 11) is 2.75. The number of rotatable bonds is 4. The highest BCUT2D eigenvalue weighted by Gasteiger charge is 2.27. The van der Waals surface area contributed by atoms with Crippen molar-refractivity contribution in [2.24, 2.45) is 0 Å². The van der Waals surface area contributed by atoms with Gasteiger partial charge < -0.3 is 14.7 Å². The monoisotopic (exact) mass is 596 g/mol. The predicted molar refractivity (Wildman–Crippen MR) is 144 cm³/mol. The van der Waals surface area contributed by atoms with E-state index in [1.54, 1.807) is 24.4 Å². The summed E-state index contributed by atoms with van der Waals surface area (Å²) >= 11 is 2.08. The van der Waals surface area contributed by atoms with Crippen LogP contribution in [-0.2, 0) is 9.47 Å². The fraction of sp³-hybridized carbons (Fsp3) is 0.286. The van der Waals surface area contributed by atoms with Crippen LogP contribution in [0.5, 0.6) is 0 Å². The minimum Gasteiger partial charge on any atom is -0.618 e. The van der Waals surface area contributed by atoms with Crippen LogP contribution in [-0.4, -0.2) is 31.1 Å². The number of halogens is 1. The van der Waals surface area contributed by atoms with Crippen LogP contribution in [0.2, 0.25) is 0 Å². The Balaban J connectivity index is 0.000000149. The summed E-state index contributed by atoms with van der Waals surface area (Å²) in [5.74, 6) is 0.496. The number of carbonyl (C=O) groups is 2. The fourth-order valence-corrected chi connectivity index (χ4v) is 5.17. The lowest BCUT2D eigenvalue weighted by atomic mass is 10.1. The summed E-state index contributed by atoms with van der Waals surface area (Å²) in [6.07, 6.45) is 8.38. The van der Waals surface area contributed by atoms with Crippen LogP contribution in [0.4, 0.5) is 0 Å². The summed E-state index contributed by atoms with van der Waals surface area (Å²) in [5, 5.41) is 13.9. The molecule has 0 aliphatic heterocycles. The molecule has 0 N–H and O–H groups in total. The van der Waals surface area contributed by atoms with Crippen molar-refractivity contribution in [3.05, 3.63) is 85.9 Å². The van der Waals surface area contributed by atoms with Crippen molar-refractivity contribution < 1.29 is 23.8 Å². The molecule has 0 spiro atoms. The lowest BCUT2D eigenvalue weighted by Crippen LogP contribution is -2.28. The first-order valence-electron chi connectivity index (χ1n) is 11.8. The number of methoxy groups -OCH3 is 2. The maximum Gasteiger partial charge on any atom is 0.337 e. The van der Waals surface area contributed by atoms with Crippen molar-refractivity contribution in [1.29, 1.82) is 0 Å². The Hall–Kier alpha value is -3.27. The zero-order chi connectivity index (χ0) is 25.4. The summed E-state index contributed by atoms with van der Waals surface area (Å²) in [6.45, 7) is 0. The van der Waals surface area contributed by atoms with Crippen molar-refractivity contribution >= 4 is 56.3 Å². The molecular formula is C28H25IN2O5. The van der Waals surface area contributed by atoms with Gasteiger partial charge in [-0.3, -0.25) is 4.98 Å². The second-order valence-corrected chi connectivity index (χ2v) is 10.4. The van der Waals surface area contributed by atoms with Crippen molar-refractivity contribution in [2.45, 2.75) is 37.5 Å². The lowest BCUT2D eigenvalue weighted by Gasteiger charge is -2.08. The third-order valence-electron chi connectivity index (χ3n) is 6.54. The average Bonchev–Trinajstić information content (AvgIpc) is 3.79. The number of aromatic nitrogens is 2. The zero-order valence-electron chi connectivity index (χ0n) is 20.0. The van der Waals surface area contributed by atoms with Crippen LogP contribution < -0.4 is 4.73 Å². The van der Waals surface area contributed by atoms with E-state index in [4.69, 9.17) is 9.47 Å². The Morgan fingerprint density at radius 3 is 2.17 bits per heavy atom. The highest BCUT2D eigenvalue weighted by Crippen LogP contribution is 2.41. The molecule has 2 saturated carbocycles. The number of ether oxygens (including phenoxy) is 2. The van der Waals surface area contributed by atoms with Crippen molar-refractivity contribution in [3.63, 3.8) is 0 Å². The number of carbonyl (C=O) groups excluding carboxylic acids is 2. The molecule has 6 rings (SSSR count). The second-order valence-electron chi connectivity index (χ2n) is 9.20. The number of pyridine rings is 2. The number of esters is 2. The van der Waals surface area contributed by atoms with Crippen LogP contribution in [0.3, 0.4) is 0 Å². The molecule has 0 saturated heterocycles. The third-order valence-corrected chi connectivity index (χ3v) is 7.37. The Morgan fingerprint density at radius 1 is 0.889 bits per heavy atom. The van der Waals surface area contributed by atoms with E-state index in [1.807, 2.05) is 24.4 Å². The first-order valence-corrected chi connectivity index (χ1v) is 12.9. The van der Waals surface area contributed by atoms with Crippen LogP contribution >= 0.6 is 22.6 Å². The SMILES string of the molecule is COC(=O)c1cc(I)c2c(c1)cc(C1CC1)c[n+]2[O-].COC(=O)c1ccc2ncc(C3CC3)cc2c1. The van der Waals surface area contributed by atoms with Gasteiger partial charge in [-0.05, 0) is 108 Å². The molecule has 0 amide bonds. The minimum atomic E-state index is -0.380. The van der Waals surface area contributed by atoms with Gasteiger partial charge in [-0.2, -0.15) is 4.73 Å². The van der Waals surface area contributed by atoms with Crippen molar-refractivity contribution in [3.8, 4) is 0 Å². The normalized spacial score (nSPS) is 14.8. The minimum absolute atomic E-state index is 0.302. The Kier molecular flexibility index (Phi) is 6.79. The fourth-order valence-electron chi connectivity index (χ4n) is 4.29. The van der Waals surface area contributed by atoms with Crippen LogP contribution in [0.1, 0.15) is 69.4 Å². The predicted octanol–water partition coefficient (Wildman–Crippen LogP) is 5.64. The molecular weight excluding hydrogens is 571 g/mol. The van der Waals surface area contributed by atoms with Gasteiger partial charge in [0.15, 0.2) is 6.20 Å². The molecule has 4 aromatic rings. The molecule has 2 fully saturated rings. The maximum absolute atomic E-state index is 12.1. The standard InChI is InChI=1S/C14H12INO3.C14H13NO2/c1-19-14(17)10-4-9-5-11(8-2-3-8)7-16(18)13(9)12(15)6-10;1-17-14(16)10-4-5-13-11(6-10)7-12(8-15-13)9-2-3-9/h4-8H,2-3H2,1H3;4-9H,2-3H2,1H3. The van der Waals surface area contributed by atoms with Gasteiger partial charge in [-0.25, -0.2) is 9.59 Å². The van der Waals surface area contributed by atoms with Crippen LogP contribution in [0.15, 0.2) is 54.9 Å². The van der Waals surface area contributed by atoms with Crippen molar-refractivity contribution in [2.75, 3.05) is 14.2 Å². The Morgan fingerprint density at radius 2 is 1.50 bits per heavy atom. The first-order chi connectivity index (χ1) is 17.4. The number of fused-ring (bicyclic) bond motifs is 2. The van der Waals surface area contributed by atoms with E-state index in [1.165, 1.54) is 32.6 Å². The molecule has 2 aromatic carbocycles. The molecule has 8 heteroatoms. The van der Waals surface area contributed by atoms with Gasteiger partial charge in [0, 0.05) is 22.5 Å². The number of hydrogen-bond donors (Lipinski definition) is 0. The lowest BCUT2D eigenvalue weighted by molar-refractivity contribution is -0.577. The van der Waals surface area contributed by atoms with Gasteiger partial charge in [-0.15, -0.1) is 0 Å². The molecule has 0 unspecified atom stereocenters. The molecule has 0 atom stereocenters. The van der Waals surface area contributed by atoms with E-state index >= 15 is 0 Å². The molecule has 36 heavy (non-hydrogen) atoms. The third kappa shape index (κ3) is 5.13. The largest absolute Gasteiger partial charge is 0.618 e. The first kappa shape index (κ1) is 24.4. The van der Waals surface area contributed by atoms with Gasteiger partial charge >= 0.3 is 11.9 Å². The molecule has 7 nitrogen and oxygen atoms in total. The van der Waals surface area contributed by atoms with Gasteiger partial charge in [0.25, 0.3) is 0 Å². The quantitative estimate of drug-likeness (QED) is 0.131. The van der Waals surface area contributed by atoms with E-state index in [9.17, 15) is 14.8 Å². The second kappa shape index (κ2) is 10.0. The summed E-state index contributed by atoms with van der Waals surface area (Å²) in [6, 6.07) is 13.0. The molecule has 184 valence electrons. The number of nitrogens with zero attached hydrogens (tertiary/aromatic N) is 2. The Bertz CT molecular complexity index is 1490. The summed E-state index contributed by atoms with van der Waals surface area (Å²) in [4.78, 5) is 27.5. The molecule has 2 heterocycles. The van der Waals surface area contributed by atoms with E-state index in [2.05, 4.69) is 33.6 Å². The van der Waals surface area contributed by atoms with Crippen molar-refractivity contribution in [1.82, 2.24) is 4.98 Å². The van der Waals surface area contributed by atoms with Gasteiger partial charge in [-0.1, -0.05) is 0 Å². The Labute approximate surface area is 222 Å². The highest BCUT2D eigenvalue weighted by molar-refractivity contribution is 14.1. The van der Waals surface area contributed by atoms with E-state index < -0.39 is 0 Å². The summed E-state index contributed by atoms with van der Waals surface area (Å²) in [5.41, 5.74) is 4.92. The molecule has 0 bridgehead atoms. The van der Waals surface area contributed by atoms with E-state index in [0.29, 0.717) is 28.5 Å².